The lowest BCUT2D eigenvalue weighted by Crippen LogP contribution is -2.12. The van der Waals surface area contributed by atoms with Gasteiger partial charge in [0.25, 0.3) is 0 Å². The third-order valence-electron chi connectivity index (χ3n) is 2.54. The van der Waals surface area contributed by atoms with Gasteiger partial charge in [-0.2, -0.15) is 8.42 Å². The molecule has 0 spiro atoms. The van der Waals surface area contributed by atoms with Gasteiger partial charge in [0.1, 0.15) is 16.5 Å². The summed E-state index contributed by atoms with van der Waals surface area (Å²) in [5.74, 6) is -3.91. The standard InChI is InChI=1S/C13H7ClF2O5S/c14-9-5-7(13(17)18)1-3-11(9)21-22(19,20)12-4-2-8(15)6-10(12)16/h1-6H,(H,17,18). The number of aromatic carboxylic acids is 1. The highest BCUT2D eigenvalue weighted by Crippen LogP contribution is 2.29. The molecule has 0 aliphatic rings. The molecule has 1 N–H and O–H groups in total. The SMILES string of the molecule is O=C(O)c1ccc(OS(=O)(=O)c2ccc(F)cc2F)c(Cl)c1. The summed E-state index contributed by atoms with van der Waals surface area (Å²) in [5, 5.41) is 8.48. The molecule has 0 saturated heterocycles. The van der Waals surface area contributed by atoms with Crippen molar-refractivity contribution in [1.29, 1.82) is 0 Å². The lowest BCUT2D eigenvalue weighted by molar-refractivity contribution is 0.0697. The van der Waals surface area contributed by atoms with Crippen LogP contribution in [0, 0.1) is 11.6 Å². The van der Waals surface area contributed by atoms with Crippen LogP contribution in [0.1, 0.15) is 10.4 Å². The highest BCUT2D eigenvalue weighted by molar-refractivity contribution is 7.87. The average molecular weight is 349 g/mol. The van der Waals surface area contributed by atoms with Crippen molar-refractivity contribution in [1.82, 2.24) is 0 Å². The van der Waals surface area contributed by atoms with E-state index in [9.17, 15) is 22.0 Å². The van der Waals surface area contributed by atoms with Gasteiger partial charge in [0.15, 0.2) is 5.75 Å². The number of halogens is 3. The molecule has 0 atom stereocenters. The van der Waals surface area contributed by atoms with Crippen LogP contribution in [0.3, 0.4) is 0 Å². The molecule has 0 fully saturated rings. The summed E-state index contributed by atoms with van der Waals surface area (Å²) in [6.07, 6.45) is 0. The van der Waals surface area contributed by atoms with E-state index in [4.69, 9.17) is 16.7 Å². The Morgan fingerprint density at radius 3 is 2.36 bits per heavy atom. The van der Waals surface area contributed by atoms with Gasteiger partial charge in [-0.1, -0.05) is 11.6 Å². The predicted octanol–water partition coefficient (Wildman–Crippen LogP) is 3.08. The van der Waals surface area contributed by atoms with Crippen LogP contribution < -0.4 is 4.18 Å². The van der Waals surface area contributed by atoms with E-state index in [1.165, 1.54) is 0 Å². The minimum Gasteiger partial charge on any atom is -0.478 e. The first kappa shape index (κ1) is 16.2. The second-order valence-electron chi connectivity index (χ2n) is 4.06. The molecule has 0 amide bonds. The van der Waals surface area contributed by atoms with Crippen LogP contribution in [0.4, 0.5) is 8.78 Å². The van der Waals surface area contributed by atoms with Crippen LogP contribution in [-0.2, 0) is 10.1 Å². The summed E-state index contributed by atoms with van der Waals surface area (Å²) in [5.41, 5.74) is -0.178. The van der Waals surface area contributed by atoms with Crippen molar-refractivity contribution in [2.45, 2.75) is 4.90 Å². The molecule has 0 bridgehead atoms. The molecule has 2 aromatic rings. The van der Waals surface area contributed by atoms with Crippen molar-refractivity contribution < 1.29 is 31.3 Å². The molecule has 9 heteroatoms. The summed E-state index contributed by atoms with van der Waals surface area (Å²) < 4.78 is 54.9. The number of rotatable bonds is 4. The molecule has 0 heterocycles. The Bertz CT molecular complexity index is 852. The van der Waals surface area contributed by atoms with Crippen molar-refractivity contribution in [3.63, 3.8) is 0 Å². The lowest BCUT2D eigenvalue weighted by atomic mass is 10.2. The van der Waals surface area contributed by atoms with E-state index in [1.807, 2.05) is 0 Å². The van der Waals surface area contributed by atoms with Gasteiger partial charge in [-0.05, 0) is 30.3 Å². The van der Waals surface area contributed by atoms with E-state index < -0.39 is 32.6 Å². The molecular weight excluding hydrogens is 342 g/mol. The Morgan fingerprint density at radius 1 is 1.14 bits per heavy atom. The molecule has 0 aliphatic heterocycles. The monoisotopic (exact) mass is 348 g/mol. The predicted molar refractivity (Wildman–Crippen MR) is 72.6 cm³/mol. The number of carboxylic acids is 1. The molecule has 2 rings (SSSR count). The Hall–Kier alpha value is -2.19. The van der Waals surface area contributed by atoms with Crippen molar-refractivity contribution in [3.8, 4) is 5.75 Å². The zero-order chi connectivity index (χ0) is 16.5. The molecule has 5 nitrogen and oxygen atoms in total. The molecule has 22 heavy (non-hydrogen) atoms. The zero-order valence-corrected chi connectivity index (χ0v) is 12.2. The summed E-state index contributed by atoms with van der Waals surface area (Å²) in [7, 11) is -4.59. The zero-order valence-electron chi connectivity index (χ0n) is 10.6. The lowest BCUT2D eigenvalue weighted by Gasteiger charge is -2.09. The van der Waals surface area contributed by atoms with Crippen LogP contribution >= 0.6 is 11.6 Å². The van der Waals surface area contributed by atoms with E-state index in [1.54, 1.807) is 0 Å². The van der Waals surface area contributed by atoms with E-state index >= 15 is 0 Å². The molecule has 0 unspecified atom stereocenters. The largest absolute Gasteiger partial charge is 0.478 e. The normalized spacial score (nSPS) is 11.2. The molecule has 0 saturated carbocycles. The fraction of sp³-hybridized carbons (Fsp3) is 0. The third kappa shape index (κ3) is 3.34. The highest BCUT2D eigenvalue weighted by Gasteiger charge is 2.23. The number of benzene rings is 2. The molecule has 116 valence electrons. The Kier molecular flexibility index (Phi) is 4.34. The first-order valence-electron chi connectivity index (χ1n) is 5.63. The Balaban J connectivity index is 2.39. The molecule has 0 aromatic heterocycles. The molecule has 0 aliphatic carbocycles. The average Bonchev–Trinajstić information content (AvgIpc) is 2.40. The van der Waals surface area contributed by atoms with E-state index in [2.05, 4.69) is 4.18 Å². The maximum atomic E-state index is 13.5. The third-order valence-corrected chi connectivity index (χ3v) is 4.11. The number of carbonyl (C=O) groups is 1. The van der Waals surface area contributed by atoms with Crippen molar-refractivity contribution in [2.24, 2.45) is 0 Å². The van der Waals surface area contributed by atoms with Crippen LogP contribution in [0.2, 0.25) is 5.02 Å². The number of carboxylic acid groups (broad SMARTS) is 1. The first-order chi connectivity index (χ1) is 10.2. The second kappa shape index (κ2) is 5.90. The van der Waals surface area contributed by atoms with Crippen LogP contribution in [0.5, 0.6) is 5.75 Å². The van der Waals surface area contributed by atoms with Gasteiger partial charge >= 0.3 is 16.1 Å². The molecule has 0 radical (unpaired) electrons. The fourth-order valence-electron chi connectivity index (χ4n) is 1.54. The minimum absolute atomic E-state index is 0.178. The van der Waals surface area contributed by atoms with E-state index in [-0.39, 0.29) is 16.3 Å². The number of hydrogen-bond acceptors (Lipinski definition) is 4. The van der Waals surface area contributed by atoms with Gasteiger partial charge in [0.2, 0.25) is 0 Å². The second-order valence-corrected chi connectivity index (χ2v) is 5.98. The Labute approximate surface area is 128 Å². The molecule has 2 aromatic carbocycles. The summed E-state index contributed by atoms with van der Waals surface area (Å²) in [6.45, 7) is 0. The summed E-state index contributed by atoms with van der Waals surface area (Å²) in [4.78, 5) is 9.88. The van der Waals surface area contributed by atoms with Gasteiger partial charge in [0, 0.05) is 6.07 Å². The smallest absolute Gasteiger partial charge is 0.342 e. The van der Waals surface area contributed by atoms with Crippen LogP contribution in [-0.4, -0.2) is 19.5 Å². The fourth-order valence-corrected chi connectivity index (χ4v) is 2.81. The molecular formula is C13H7ClF2O5S. The Morgan fingerprint density at radius 2 is 1.82 bits per heavy atom. The van der Waals surface area contributed by atoms with Crippen molar-refractivity contribution >= 4 is 27.7 Å². The van der Waals surface area contributed by atoms with Gasteiger partial charge < -0.3 is 9.29 Å². The van der Waals surface area contributed by atoms with E-state index in [0.29, 0.717) is 12.1 Å². The van der Waals surface area contributed by atoms with Crippen LogP contribution in [0.15, 0.2) is 41.3 Å². The van der Waals surface area contributed by atoms with Crippen molar-refractivity contribution in [2.75, 3.05) is 0 Å². The van der Waals surface area contributed by atoms with Crippen LogP contribution in [0.25, 0.3) is 0 Å². The highest BCUT2D eigenvalue weighted by atomic mass is 35.5. The summed E-state index contributed by atoms with van der Waals surface area (Å²) >= 11 is 5.73. The minimum atomic E-state index is -4.59. The summed E-state index contributed by atoms with van der Waals surface area (Å²) in [6, 6.07) is 4.93. The van der Waals surface area contributed by atoms with Gasteiger partial charge in [-0.3, -0.25) is 0 Å². The topological polar surface area (TPSA) is 80.7 Å². The van der Waals surface area contributed by atoms with E-state index in [0.717, 1.165) is 24.3 Å². The van der Waals surface area contributed by atoms with Gasteiger partial charge in [-0.15, -0.1) is 0 Å². The quantitative estimate of drug-likeness (QED) is 0.859. The maximum absolute atomic E-state index is 13.5. The first-order valence-corrected chi connectivity index (χ1v) is 7.42. The maximum Gasteiger partial charge on any atom is 0.342 e. The van der Waals surface area contributed by atoms with Gasteiger partial charge in [0.05, 0.1) is 10.6 Å². The number of hydrogen-bond donors (Lipinski definition) is 1. The van der Waals surface area contributed by atoms with Crippen molar-refractivity contribution in [3.05, 3.63) is 58.6 Å². The van der Waals surface area contributed by atoms with Gasteiger partial charge in [-0.25, -0.2) is 13.6 Å².